The largest absolute Gasteiger partial charge is 0.488 e. The molecular weight excluding hydrogens is 460 g/mol. The van der Waals surface area contributed by atoms with Crippen LogP contribution in [0.25, 0.3) is 16.3 Å². The van der Waals surface area contributed by atoms with Gasteiger partial charge in [0.15, 0.2) is 0 Å². The number of hydrogen-bond acceptors (Lipinski definition) is 1. The number of hydrogen-bond donors (Lipinski definition) is 0. The van der Waals surface area contributed by atoms with Gasteiger partial charge in [-0.05, 0) is 73.9 Å². The summed E-state index contributed by atoms with van der Waals surface area (Å²) in [6.45, 7) is 16.6. The van der Waals surface area contributed by atoms with E-state index in [1.54, 1.807) is 0 Å². The van der Waals surface area contributed by atoms with E-state index in [0.717, 1.165) is 25.0 Å². The summed E-state index contributed by atoms with van der Waals surface area (Å²) >= 11 is 0. The standard InChI is InChI=1S/C37H42O/c1-8-13-28-22-27-15-10-12-17-32(27)34(28)35-31-16-11-9-14-26(31)18-19-33(35)38-24-25-20-29(36(2,3)4)23-30(21-25)37(5,6)7/h9-12,14-21,23H,8,13,22,24H2,1-7H3. The zero-order chi connectivity index (χ0) is 27.1. The number of benzene rings is 4. The molecule has 4 aromatic rings. The molecule has 1 nitrogen and oxygen atoms in total. The van der Waals surface area contributed by atoms with Gasteiger partial charge in [0.1, 0.15) is 12.4 Å². The zero-order valence-corrected chi connectivity index (χ0v) is 24.2. The lowest BCUT2D eigenvalue weighted by Gasteiger charge is -2.26. The smallest absolute Gasteiger partial charge is 0.128 e. The van der Waals surface area contributed by atoms with Crippen LogP contribution in [0.15, 0.2) is 84.4 Å². The summed E-state index contributed by atoms with van der Waals surface area (Å²) in [5.74, 6) is 0.975. The number of allylic oxidation sites excluding steroid dienone is 1. The minimum atomic E-state index is 0.0809. The predicted molar refractivity (Wildman–Crippen MR) is 163 cm³/mol. The van der Waals surface area contributed by atoms with Crippen molar-refractivity contribution in [3.63, 3.8) is 0 Å². The molecule has 4 aromatic carbocycles. The van der Waals surface area contributed by atoms with Crippen LogP contribution in [-0.4, -0.2) is 0 Å². The Labute approximate surface area is 229 Å². The highest BCUT2D eigenvalue weighted by Crippen LogP contribution is 2.45. The Morgan fingerprint density at radius 2 is 1.39 bits per heavy atom. The van der Waals surface area contributed by atoms with Gasteiger partial charge in [-0.1, -0.05) is 133 Å². The molecule has 0 amide bonds. The molecule has 0 unspecified atom stereocenters. The Balaban J connectivity index is 1.63. The van der Waals surface area contributed by atoms with Gasteiger partial charge in [-0.3, -0.25) is 0 Å². The molecule has 0 aliphatic heterocycles. The number of rotatable bonds is 6. The maximum absolute atomic E-state index is 6.79. The minimum Gasteiger partial charge on any atom is -0.488 e. The Hall–Kier alpha value is -3.32. The van der Waals surface area contributed by atoms with E-state index in [1.807, 2.05) is 0 Å². The van der Waals surface area contributed by atoms with Crippen molar-refractivity contribution in [2.24, 2.45) is 0 Å². The average Bonchev–Trinajstić information content (AvgIpc) is 3.23. The van der Waals surface area contributed by atoms with Crippen molar-refractivity contribution in [1.82, 2.24) is 0 Å². The van der Waals surface area contributed by atoms with Crippen LogP contribution in [0, 0.1) is 0 Å². The molecule has 0 saturated heterocycles. The lowest BCUT2D eigenvalue weighted by molar-refractivity contribution is 0.305. The molecule has 0 bridgehead atoms. The van der Waals surface area contributed by atoms with Gasteiger partial charge in [-0.25, -0.2) is 0 Å². The fourth-order valence-electron chi connectivity index (χ4n) is 5.69. The molecule has 0 aromatic heterocycles. The molecule has 196 valence electrons. The Morgan fingerprint density at radius 3 is 2.08 bits per heavy atom. The van der Waals surface area contributed by atoms with Crippen LogP contribution < -0.4 is 4.74 Å². The highest BCUT2D eigenvalue weighted by Gasteiger charge is 2.26. The van der Waals surface area contributed by atoms with E-state index in [0.29, 0.717) is 6.61 Å². The normalized spacial score (nSPS) is 13.8. The lowest BCUT2D eigenvalue weighted by atomic mass is 9.79. The second kappa shape index (κ2) is 10.1. The average molecular weight is 503 g/mol. The molecule has 0 radical (unpaired) electrons. The maximum Gasteiger partial charge on any atom is 0.128 e. The van der Waals surface area contributed by atoms with Gasteiger partial charge in [0.2, 0.25) is 0 Å². The molecule has 0 fully saturated rings. The molecule has 1 aliphatic carbocycles. The van der Waals surface area contributed by atoms with Crippen LogP contribution in [-0.2, 0) is 23.9 Å². The van der Waals surface area contributed by atoms with Crippen molar-refractivity contribution >= 4 is 16.3 Å². The first-order valence-corrected chi connectivity index (χ1v) is 14.2. The third kappa shape index (κ3) is 5.17. The minimum absolute atomic E-state index is 0.0809. The van der Waals surface area contributed by atoms with E-state index in [1.165, 1.54) is 55.3 Å². The maximum atomic E-state index is 6.79. The first kappa shape index (κ1) is 26.3. The topological polar surface area (TPSA) is 9.23 Å². The first-order chi connectivity index (χ1) is 18.1. The summed E-state index contributed by atoms with van der Waals surface area (Å²) in [7, 11) is 0. The Kier molecular flexibility index (Phi) is 6.99. The third-order valence-electron chi connectivity index (χ3n) is 7.86. The molecule has 0 heterocycles. The fourth-order valence-corrected chi connectivity index (χ4v) is 5.69. The Morgan fingerprint density at radius 1 is 0.737 bits per heavy atom. The summed E-state index contributed by atoms with van der Waals surface area (Å²) in [5.41, 5.74) is 11.1. The van der Waals surface area contributed by atoms with Crippen molar-refractivity contribution in [2.45, 2.75) is 85.2 Å². The summed E-state index contributed by atoms with van der Waals surface area (Å²) in [6.07, 6.45) is 3.28. The first-order valence-electron chi connectivity index (χ1n) is 14.2. The fraction of sp³-hybridized carbons (Fsp3) is 0.351. The van der Waals surface area contributed by atoms with E-state index in [-0.39, 0.29) is 10.8 Å². The van der Waals surface area contributed by atoms with Crippen LogP contribution in [0.3, 0.4) is 0 Å². The van der Waals surface area contributed by atoms with Crippen LogP contribution in [0.1, 0.15) is 94.7 Å². The van der Waals surface area contributed by atoms with Gasteiger partial charge in [0.05, 0.1) is 0 Å². The quantitative estimate of drug-likeness (QED) is 0.255. The summed E-state index contributed by atoms with van der Waals surface area (Å²) < 4.78 is 6.79. The zero-order valence-electron chi connectivity index (χ0n) is 24.2. The van der Waals surface area contributed by atoms with Gasteiger partial charge >= 0.3 is 0 Å². The molecular formula is C37H42O. The van der Waals surface area contributed by atoms with Crippen LogP contribution in [0.2, 0.25) is 0 Å². The SMILES string of the molecule is CCCC1=C(c2c(OCc3cc(C(C)(C)C)cc(C(C)(C)C)c3)ccc3ccccc23)c2ccccc2C1. The summed E-state index contributed by atoms with van der Waals surface area (Å²) in [4.78, 5) is 0. The molecule has 0 saturated carbocycles. The van der Waals surface area contributed by atoms with Gasteiger partial charge in [0, 0.05) is 5.56 Å². The van der Waals surface area contributed by atoms with Gasteiger partial charge < -0.3 is 4.74 Å². The van der Waals surface area contributed by atoms with E-state index in [2.05, 4.69) is 127 Å². The molecule has 0 atom stereocenters. The third-order valence-corrected chi connectivity index (χ3v) is 7.86. The van der Waals surface area contributed by atoms with Crippen LogP contribution in [0.5, 0.6) is 5.75 Å². The van der Waals surface area contributed by atoms with E-state index < -0.39 is 0 Å². The van der Waals surface area contributed by atoms with E-state index in [4.69, 9.17) is 4.74 Å². The van der Waals surface area contributed by atoms with E-state index >= 15 is 0 Å². The van der Waals surface area contributed by atoms with Crippen molar-refractivity contribution in [3.8, 4) is 5.75 Å². The van der Waals surface area contributed by atoms with Crippen molar-refractivity contribution in [1.29, 1.82) is 0 Å². The number of fused-ring (bicyclic) bond motifs is 2. The highest BCUT2D eigenvalue weighted by atomic mass is 16.5. The lowest BCUT2D eigenvalue weighted by Crippen LogP contribution is -2.17. The van der Waals surface area contributed by atoms with Crippen molar-refractivity contribution < 1.29 is 4.74 Å². The molecule has 1 aliphatic rings. The molecule has 1 heteroatoms. The van der Waals surface area contributed by atoms with Gasteiger partial charge in [0.25, 0.3) is 0 Å². The molecule has 0 N–H and O–H groups in total. The van der Waals surface area contributed by atoms with Crippen LogP contribution in [0.4, 0.5) is 0 Å². The van der Waals surface area contributed by atoms with Crippen molar-refractivity contribution in [3.05, 3.63) is 118 Å². The second-order valence-corrected chi connectivity index (χ2v) is 12.9. The second-order valence-electron chi connectivity index (χ2n) is 12.9. The monoisotopic (exact) mass is 502 g/mol. The molecule has 0 spiro atoms. The number of ether oxygens (including phenoxy) is 1. The summed E-state index contributed by atoms with van der Waals surface area (Å²) in [6, 6.07) is 29.1. The van der Waals surface area contributed by atoms with Crippen molar-refractivity contribution in [2.75, 3.05) is 0 Å². The van der Waals surface area contributed by atoms with Gasteiger partial charge in [-0.15, -0.1) is 0 Å². The Bertz CT molecular complexity index is 1470. The van der Waals surface area contributed by atoms with Gasteiger partial charge in [-0.2, -0.15) is 0 Å². The van der Waals surface area contributed by atoms with E-state index in [9.17, 15) is 0 Å². The highest BCUT2D eigenvalue weighted by molar-refractivity contribution is 6.02. The molecule has 5 rings (SSSR count). The van der Waals surface area contributed by atoms with Crippen LogP contribution >= 0.6 is 0 Å². The predicted octanol–water partition coefficient (Wildman–Crippen LogP) is 10.2. The summed E-state index contributed by atoms with van der Waals surface area (Å²) in [5, 5.41) is 2.52. The molecule has 38 heavy (non-hydrogen) atoms.